The molecule has 9 heteroatoms. The number of rotatable bonds is 2. The molecular formula is C13H25Cl3N4O2. The molecule has 2 heterocycles. The summed E-state index contributed by atoms with van der Waals surface area (Å²) in [4.78, 5) is 10.2. The van der Waals surface area contributed by atoms with Crippen molar-refractivity contribution in [3.8, 4) is 0 Å². The predicted octanol–water partition coefficient (Wildman–Crippen LogP) is 1.69. The summed E-state index contributed by atoms with van der Waals surface area (Å²) >= 11 is 0. The molecule has 0 radical (unpaired) electrons. The van der Waals surface area contributed by atoms with Crippen LogP contribution in [0.15, 0.2) is 24.3 Å². The van der Waals surface area contributed by atoms with E-state index in [9.17, 15) is 0 Å². The van der Waals surface area contributed by atoms with E-state index in [0.29, 0.717) is 6.04 Å². The Morgan fingerprint density at radius 3 is 2.27 bits per heavy atom. The lowest BCUT2D eigenvalue weighted by atomic mass is 10.1. The van der Waals surface area contributed by atoms with Gasteiger partial charge in [0.2, 0.25) is 5.95 Å². The summed E-state index contributed by atoms with van der Waals surface area (Å²) in [6.45, 7) is 2.33. The van der Waals surface area contributed by atoms with Gasteiger partial charge in [-0.15, -0.1) is 37.2 Å². The lowest BCUT2D eigenvalue weighted by molar-refractivity contribution is 0.263. The molecule has 0 bridgehead atoms. The number of piperidine rings is 1. The molecule has 130 valence electrons. The normalized spacial score (nSPS) is 14.4. The van der Waals surface area contributed by atoms with Crippen LogP contribution in [0, 0.1) is 0 Å². The number of likely N-dealkylation sites (tertiary alicyclic amines) is 1. The van der Waals surface area contributed by atoms with Crippen molar-refractivity contribution in [1.82, 2.24) is 14.9 Å². The summed E-state index contributed by atoms with van der Waals surface area (Å²) in [7, 11) is 2.18. The van der Waals surface area contributed by atoms with Crippen molar-refractivity contribution in [2.45, 2.75) is 18.9 Å². The Labute approximate surface area is 148 Å². The highest BCUT2D eigenvalue weighted by Gasteiger charge is 2.17. The molecule has 1 aliphatic heterocycles. The molecule has 0 aliphatic carbocycles. The van der Waals surface area contributed by atoms with Crippen LogP contribution in [0.1, 0.15) is 12.8 Å². The minimum Gasteiger partial charge on any atom is -0.412 e. The van der Waals surface area contributed by atoms with Crippen LogP contribution in [0.4, 0.5) is 5.95 Å². The number of benzene rings is 1. The molecule has 6 nitrogen and oxygen atoms in total. The Balaban J connectivity index is -0.000000722. The van der Waals surface area contributed by atoms with Crippen molar-refractivity contribution < 1.29 is 11.0 Å². The van der Waals surface area contributed by atoms with Gasteiger partial charge in [-0.1, -0.05) is 12.1 Å². The fraction of sp³-hybridized carbons (Fsp3) is 0.462. The topological polar surface area (TPSA) is 107 Å². The molecule has 0 spiro atoms. The average Bonchev–Trinajstić information content (AvgIpc) is 2.74. The first-order chi connectivity index (χ1) is 8.31. The molecule has 0 unspecified atom stereocenters. The molecule has 0 saturated carbocycles. The van der Waals surface area contributed by atoms with Gasteiger partial charge in [-0.05, 0) is 45.1 Å². The second-order valence-corrected chi connectivity index (χ2v) is 4.82. The summed E-state index contributed by atoms with van der Waals surface area (Å²) in [6.07, 6.45) is 2.38. The van der Waals surface area contributed by atoms with E-state index in [0.717, 1.165) is 30.1 Å². The Morgan fingerprint density at radius 2 is 1.68 bits per heavy atom. The fourth-order valence-electron chi connectivity index (χ4n) is 2.37. The maximum atomic E-state index is 4.55. The zero-order valence-electron chi connectivity index (χ0n) is 12.3. The molecule has 1 aromatic heterocycles. The summed E-state index contributed by atoms with van der Waals surface area (Å²) in [5.74, 6) is 0.903. The highest BCUT2D eigenvalue weighted by Crippen LogP contribution is 2.17. The number of para-hydroxylation sites is 2. The zero-order chi connectivity index (χ0) is 11.7. The van der Waals surface area contributed by atoms with Crippen molar-refractivity contribution in [2.24, 2.45) is 0 Å². The Hall–Kier alpha value is -0.760. The number of imidazole rings is 1. The molecule has 1 saturated heterocycles. The van der Waals surface area contributed by atoms with E-state index in [4.69, 9.17) is 0 Å². The molecule has 22 heavy (non-hydrogen) atoms. The smallest absolute Gasteiger partial charge is 0.201 e. The SMILES string of the molecule is CN1CCC(Nc2nc3ccccc3[nH]2)CC1.Cl.Cl.Cl.O.O. The minimum absolute atomic E-state index is 0. The van der Waals surface area contributed by atoms with Gasteiger partial charge in [0.15, 0.2) is 0 Å². The standard InChI is InChI=1S/C13H18N4.3ClH.2H2O/c1-17-8-6-10(7-9-17)14-13-15-11-4-2-3-5-12(11)16-13;;;;;/h2-5,10H,6-9H2,1H3,(H2,14,15,16);3*1H;2*1H2. The number of H-pyrrole nitrogens is 1. The molecular weight excluding hydrogens is 351 g/mol. The van der Waals surface area contributed by atoms with E-state index in [-0.39, 0.29) is 48.2 Å². The number of anilines is 1. The Kier molecular flexibility index (Phi) is 14.0. The van der Waals surface area contributed by atoms with E-state index in [2.05, 4.69) is 33.3 Å². The number of fused-ring (bicyclic) bond motifs is 1. The summed E-state index contributed by atoms with van der Waals surface area (Å²) < 4.78 is 0. The van der Waals surface area contributed by atoms with Gasteiger partial charge in [0.1, 0.15) is 0 Å². The molecule has 0 amide bonds. The van der Waals surface area contributed by atoms with E-state index in [1.165, 1.54) is 12.8 Å². The number of hydrogen-bond donors (Lipinski definition) is 2. The first kappa shape index (κ1) is 26.2. The molecule has 0 atom stereocenters. The van der Waals surface area contributed by atoms with Gasteiger partial charge in [-0.3, -0.25) is 0 Å². The predicted molar refractivity (Wildman–Crippen MR) is 99.2 cm³/mol. The van der Waals surface area contributed by atoms with Gasteiger partial charge in [-0.2, -0.15) is 0 Å². The van der Waals surface area contributed by atoms with Crippen LogP contribution in [-0.4, -0.2) is 52.0 Å². The van der Waals surface area contributed by atoms with Crippen LogP contribution >= 0.6 is 37.2 Å². The highest BCUT2D eigenvalue weighted by molar-refractivity contribution is 5.86. The summed E-state index contributed by atoms with van der Waals surface area (Å²) in [5.41, 5.74) is 2.13. The quantitative estimate of drug-likeness (QED) is 0.833. The van der Waals surface area contributed by atoms with E-state index in [1.807, 2.05) is 18.2 Å². The lowest BCUT2D eigenvalue weighted by Crippen LogP contribution is -2.36. The zero-order valence-corrected chi connectivity index (χ0v) is 14.8. The van der Waals surface area contributed by atoms with Crippen molar-refractivity contribution in [3.05, 3.63) is 24.3 Å². The Morgan fingerprint density at radius 1 is 1.09 bits per heavy atom. The largest absolute Gasteiger partial charge is 0.412 e. The van der Waals surface area contributed by atoms with E-state index in [1.54, 1.807) is 0 Å². The molecule has 1 fully saturated rings. The third-order valence-corrected chi connectivity index (χ3v) is 3.45. The molecule has 1 aromatic carbocycles. The van der Waals surface area contributed by atoms with Gasteiger partial charge in [-0.25, -0.2) is 4.98 Å². The van der Waals surface area contributed by atoms with Crippen LogP contribution in [0.5, 0.6) is 0 Å². The van der Waals surface area contributed by atoms with E-state index < -0.39 is 0 Å². The minimum atomic E-state index is 0. The number of nitrogens with zero attached hydrogens (tertiary/aromatic N) is 2. The van der Waals surface area contributed by atoms with Gasteiger partial charge in [0.05, 0.1) is 11.0 Å². The summed E-state index contributed by atoms with van der Waals surface area (Å²) in [6, 6.07) is 8.68. The molecule has 6 N–H and O–H groups in total. The fourth-order valence-corrected chi connectivity index (χ4v) is 2.37. The third-order valence-electron chi connectivity index (χ3n) is 3.45. The third kappa shape index (κ3) is 6.16. The highest BCUT2D eigenvalue weighted by atomic mass is 35.5. The number of aromatic amines is 1. The van der Waals surface area contributed by atoms with Gasteiger partial charge in [0.25, 0.3) is 0 Å². The molecule has 3 rings (SSSR count). The van der Waals surface area contributed by atoms with E-state index >= 15 is 0 Å². The number of aromatic nitrogens is 2. The maximum Gasteiger partial charge on any atom is 0.201 e. The second kappa shape index (κ2) is 11.8. The monoisotopic (exact) mass is 374 g/mol. The van der Waals surface area contributed by atoms with Crippen molar-refractivity contribution in [1.29, 1.82) is 0 Å². The van der Waals surface area contributed by atoms with Crippen LogP contribution < -0.4 is 5.32 Å². The second-order valence-electron chi connectivity index (χ2n) is 4.82. The Bertz CT molecular complexity index is 486. The van der Waals surface area contributed by atoms with Crippen LogP contribution in [0.3, 0.4) is 0 Å². The van der Waals surface area contributed by atoms with Crippen LogP contribution in [0.25, 0.3) is 11.0 Å². The lowest BCUT2D eigenvalue weighted by Gasteiger charge is -2.29. The van der Waals surface area contributed by atoms with Crippen LogP contribution in [0.2, 0.25) is 0 Å². The van der Waals surface area contributed by atoms with Gasteiger partial charge in [0, 0.05) is 6.04 Å². The van der Waals surface area contributed by atoms with Crippen molar-refractivity contribution >= 4 is 54.2 Å². The van der Waals surface area contributed by atoms with Crippen molar-refractivity contribution in [3.63, 3.8) is 0 Å². The van der Waals surface area contributed by atoms with Crippen molar-refractivity contribution in [2.75, 3.05) is 25.5 Å². The molecule has 1 aliphatic rings. The number of hydrogen-bond acceptors (Lipinski definition) is 3. The number of nitrogens with one attached hydrogen (secondary N) is 2. The number of halogens is 3. The van der Waals surface area contributed by atoms with Gasteiger partial charge >= 0.3 is 0 Å². The maximum absolute atomic E-state index is 4.55. The average molecular weight is 376 g/mol. The van der Waals surface area contributed by atoms with Crippen LogP contribution in [-0.2, 0) is 0 Å². The molecule has 2 aromatic rings. The summed E-state index contributed by atoms with van der Waals surface area (Å²) in [5, 5.41) is 3.50. The first-order valence-corrected chi connectivity index (χ1v) is 6.21. The first-order valence-electron chi connectivity index (χ1n) is 6.21. The van der Waals surface area contributed by atoms with Gasteiger partial charge < -0.3 is 26.2 Å².